The van der Waals surface area contributed by atoms with E-state index >= 15 is 0 Å². The van der Waals surface area contributed by atoms with Gasteiger partial charge in [-0.15, -0.1) is 0 Å². The summed E-state index contributed by atoms with van der Waals surface area (Å²) in [6, 6.07) is 17.7. The zero-order chi connectivity index (χ0) is 19.8. The number of hydrogen-bond acceptors (Lipinski definition) is 3. The first-order chi connectivity index (χ1) is 14.2. The Kier molecular flexibility index (Phi) is 5.04. The first-order valence-corrected chi connectivity index (χ1v) is 11.1. The van der Waals surface area contributed by atoms with Gasteiger partial charge in [-0.05, 0) is 61.1 Å². The Labute approximate surface area is 174 Å². The molecule has 4 heteroatoms. The number of rotatable bonds is 4. The van der Waals surface area contributed by atoms with E-state index in [0.717, 1.165) is 52.0 Å². The van der Waals surface area contributed by atoms with Crippen molar-refractivity contribution in [3.05, 3.63) is 65.2 Å². The van der Waals surface area contributed by atoms with Crippen molar-refractivity contribution < 1.29 is 4.79 Å². The van der Waals surface area contributed by atoms with Gasteiger partial charge in [0.15, 0.2) is 0 Å². The summed E-state index contributed by atoms with van der Waals surface area (Å²) in [5, 5.41) is 0. The lowest BCUT2D eigenvalue weighted by Gasteiger charge is -2.35. The Balaban J connectivity index is 1.32. The van der Waals surface area contributed by atoms with Gasteiger partial charge < -0.3 is 14.7 Å². The number of piperidine rings is 1. The van der Waals surface area contributed by atoms with E-state index in [4.69, 9.17) is 0 Å². The maximum Gasteiger partial charge on any atom is 0.223 e. The molecule has 3 aliphatic rings. The van der Waals surface area contributed by atoms with Gasteiger partial charge in [0.1, 0.15) is 0 Å². The smallest absolute Gasteiger partial charge is 0.223 e. The summed E-state index contributed by atoms with van der Waals surface area (Å²) in [6.45, 7) is 5.31. The Morgan fingerprint density at radius 1 is 0.966 bits per heavy atom. The molecule has 2 aromatic carbocycles. The monoisotopic (exact) mass is 389 g/mol. The molecule has 2 bridgehead atoms. The molecule has 1 amide bonds. The van der Waals surface area contributed by atoms with Crippen molar-refractivity contribution in [1.29, 1.82) is 0 Å². The van der Waals surface area contributed by atoms with Crippen LogP contribution >= 0.6 is 0 Å². The second-order valence-corrected chi connectivity index (χ2v) is 8.91. The van der Waals surface area contributed by atoms with Gasteiger partial charge in [0.25, 0.3) is 0 Å². The molecule has 0 saturated carbocycles. The van der Waals surface area contributed by atoms with Gasteiger partial charge in [0.2, 0.25) is 5.91 Å². The summed E-state index contributed by atoms with van der Waals surface area (Å²) in [4.78, 5) is 20.2. The average Bonchev–Trinajstić information content (AvgIpc) is 3.05. The van der Waals surface area contributed by atoms with E-state index in [1.165, 1.54) is 22.4 Å². The number of fused-ring (bicyclic) bond motifs is 5. The third-order valence-electron chi connectivity index (χ3n) is 7.13. The van der Waals surface area contributed by atoms with Crippen molar-refractivity contribution in [3.63, 3.8) is 0 Å². The molecule has 2 saturated heterocycles. The topological polar surface area (TPSA) is 26.8 Å². The summed E-state index contributed by atoms with van der Waals surface area (Å²) in [7, 11) is 2.20. The van der Waals surface area contributed by atoms with E-state index in [-0.39, 0.29) is 6.04 Å². The molecule has 0 radical (unpaired) electrons. The quantitative estimate of drug-likeness (QED) is 0.795. The SMILES string of the molecule is CN1CCN(c2ccc3c(c2)[C@H]2C[C@H]3CCN2C(=O)CCc2ccccc2)CC1. The third-order valence-corrected chi connectivity index (χ3v) is 7.13. The van der Waals surface area contributed by atoms with Crippen LogP contribution in [0.25, 0.3) is 0 Å². The molecule has 2 fully saturated rings. The number of likely N-dealkylation sites (tertiary alicyclic amines) is 1. The van der Waals surface area contributed by atoms with Gasteiger partial charge in [-0.3, -0.25) is 4.79 Å². The second kappa shape index (κ2) is 7.83. The third kappa shape index (κ3) is 3.66. The number of nitrogens with zero attached hydrogens (tertiary/aromatic N) is 3. The zero-order valence-corrected chi connectivity index (χ0v) is 17.4. The molecule has 2 heterocycles. The summed E-state index contributed by atoms with van der Waals surface area (Å²) in [6.07, 6.45) is 3.66. The highest BCUT2D eigenvalue weighted by molar-refractivity contribution is 5.78. The minimum atomic E-state index is 0.277. The largest absolute Gasteiger partial charge is 0.369 e. The minimum absolute atomic E-state index is 0.277. The van der Waals surface area contributed by atoms with E-state index in [1.807, 2.05) is 6.07 Å². The van der Waals surface area contributed by atoms with Gasteiger partial charge in [0.05, 0.1) is 6.04 Å². The molecule has 0 unspecified atom stereocenters. The Bertz CT molecular complexity index is 873. The number of benzene rings is 2. The highest BCUT2D eigenvalue weighted by Gasteiger charge is 2.40. The van der Waals surface area contributed by atoms with Crippen LogP contribution in [0.4, 0.5) is 5.69 Å². The summed E-state index contributed by atoms with van der Waals surface area (Å²) in [5.41, 5.74) is 5.49. The molecule has 29 heavy (non-hydrogen) atoms. The molecule has 1 aliphatic carbocycles. The number of hydrogen-bond donors (Lipinski definition) is 0. The molecule has 0 spiro atoms. The summed E-state index contributed by atoms with van der Waals surface area (Å²) in [5.74, 6) is 0.949. The number of amides is 1. The fourth-order valence-electron chi connectivity index (χ4n) is 5.36. The van der Waals surface area contributed by atoms with Crippen LogP contribution in [0.15, 0.2) is 48.5 Å². The molecule has 5 rings (SSSR count). The first kappa shape index (κ1) is 18.7. The van der Waals surface area contributed by atoms with Crippen LogP contribution in [-0.4, -0.2) is 55.5 Å². The lowest BCUT2D eigenvalue weighted by atomic mass is 9.95. The van der Waals surface area contributed by atoms with Gasteiger partial charge in [-0.2, -0.15) is 0 Å². The average molecular weight is 390 g/mol. The van der Waals surface area contributed by atoms with E-state index in [0.29, 0.717) is 18.2 Å². The summed E-state index contributed by atoms with van der Waals surface area (Å²) < 4.78 is 0. The molecule has 0 aromatic heterocycles. The molecule has 4 nitrogen and oxygen atoms in total. The molecule has 2 aliphatic heterocycles. The highest BCUT2D eigenvalue weighted by atomic mass is 16.2. The van der Waals surface area contributed by atoms with Crippen LogP contribution in [0, 0.1) is 0 Å². The normalized spacial score (nSPS) is 23.9. The molecule has 2 atom stereocenters. The molecular weight excluding hydrogens is 358 g/mol. The molecule has 0 N–H and O–H groups in total. The lowest BCUT2D eigenvalue weighted by Crippen LogP contribution is -2.44. The minimum Gasteiger partial charge on any atom is -0.369 e. The van der Waals surface area contributed by atoms with Crippen LogP contribution in [0.1, 0.15) is 47.9 Å². The standard InChI is InChI=1S/C25H31N3O/c1-26-13-15-27(16-14-26)21-8-9-22-20-11-12-28(24(17-20)23(22)18-21)25(29)10-7-19-5-3-2-4-6-19/h2-6,8-9,18,20,24H,7,10-17H2,1H3/t20-,24-/m1/s1. The van der Waals surface area contributed by atoms with Crippen LogP contribution in [-0.2, 0) is 11.2 Å². The Hall–Kier alpha value is -2.33. The summed E-state index contributed by atoms with van der Waals surface area (Å²) >= 11 is 0. The van der Waals surface area contributed by atoms with Gasteiger partial charge in [-0.1, -0.05) is 36.4 Å². The van der Waals surface area contributed by atoms with Gasteiger partial charge >= 0.3 is 0 Å². The van der Waals surface area contributed by atoms with Crippen molar-refractivity contribution in [1.82, 2.24) is 9.80 Å². The fourth-order valence-corrected chi connectivity index (χ4v) is 5.36. The molecule has 152 valence electrons. The number of piperazine rings is 1. The van der Waals surface area contributed by atoms with E-state index < -0.39 is 0 Å². The highest BCUT2D eigenvalue weighted by Crippen LogP contribution is 2.50. The number of carbonyl (C=O) groups excluding carboxylic acids is 1. The van der Waals surface area contributed by atoms with E-state index in [1.54, 1.807) is 0 Å². The van der Waals surface area contributed by atoms with Crippen LogP contribution in [0.5, 0.6) is 0 Å². The maximum atomic E-state index is 13.1. The van der Waals surface area contributed by atoms with Gasteiger partial charge in [0, 0.05) is 44.8 Å². The predicted octanol–water partition coefficient (Wildman–Crippen LogP) is 3.83. The van der Waals surface area contributed by atoms with Crippen molar-refractivity contribution in [2.75, 3.05) is 44.7 Å². The van der Waals surface area contributed by atoms with Crippen molar-refractivity contribution in [2.45, 2.75) is 37.6 Å². The number of anilines is 1. The second-order valence-electron chi connectivity index (χ2n) is 8.91. The number of aryl methyl sites for hydroxylation is 1. The fraction of sp³-hybridized carbons (Fsp3) is 0.480. The lowest BCUT2D eigenvalue weighted by molar-refractivity contribution is -0.134. The predicted molar refractivity (Wildman–Crippen MR) is 117 cm³/mol. The Morgan fingerprint density at radius 3 is 2.55 bits per heavy atom. The van der Waals surface area contributed by atoms with Crippen molar-refractivity contribution >= 4 is 11.6 Å². The van der Waals surface area contributed by atoms with Crippen molar-refractivity contribution in [3.8, 4) is 0 Å². The van der Waals surface area contributed by atoms with Crippen LogP contribution in [0.3, 0.4) is 0 Å². The maximum absolute atomic E-state index is 13.1. The molecular formula is C25H31N3O. The molecule has 2 aromatic rings. The Morgan fingerprint density at radius 2 is 1.76 bits per heavy atom. The van der Waals surface area contributed by atoms with Gasteiger partial charge in [-0.25, -0.2) is 0 Å². The number of carbonyl (C=O) groups is 1. The number of likely N-dealkylation sites (N-methyl/N-ethyl adjacent to an activating group) is 1. The van der Waals surface area contributed by atoms with Crippen molar-refractivity contribution in [2.24, 2.45) is 0 Å². The van der Waals surface area contributed by atoms with Crippen LogP contribution < -0.4 is 4.90 Å². The van der Waals surface area contributed by atoms with Crippen LogP contribution in [0.2, 0.25) is 0 Å². The zero-order valence-electron chi connectivity index (χ0n) is 17.4. The van der Waals surface area contributed by atoms with E-state index in [2.05, 4.69) is 64.2 Å². The van der Waals surface area contributed by atoms with E-state index in [9.17, 15) is 4.79 Å². The first-order valence-electron chi connectivity index (χ1n) is 11.1.